The quantitative estimate of drug-likeness (QED) is 0.137. The Kier molecular flexibility index (Phi) is 32.4. The number of hydrogen-bond donors (Lipinski definition) is 0. The lowest BCUT2D eigenvalue weighted by Gasteiger charge is -2.06. The summed E-state index contributed by atoms with van der Waals surface area (Å²) in [7, 11) is -23.0. The topological polar surface area (TPSA) is 239 Å². The number of aryl methyl sites for hydroxylation is 7. The van der Waals surface area contributed by atoms with Crippen LogP contribution in [0.2, 0.25) is 0 Å². The van der Waals surface area contributed by atoms with Gasteiger partial charge in [-0.1, -0.05) is 333 Å². The summed E-state index contributed by atoms with van der Waals surface area (Å²) in [5.74, 6) is 0. The van der Waals surface area contributed by atoms with E-state index in [1.165, 1.54) is 12.8 Å². The molecule has 7 aliphatic heterocycles. The standard InChI is InChI=1S/3C14H12O2S.C13H10O2S.3C12H8O2S.2C3H8.4C2H6/c1-9-5-3-7-11-12-8-4-6-10(2)14(12)17(15,16)13(9)11;1-9-7-10(2)14-11-5-3-4-6-12(11)17(15,16)13(14)8-9;1-9-7-8-10(2)14-13(9)11-5-3-4-6-12(11)17(14,15)16;1-9-5-4-7-11-10-6-2-3-8-12(10)16(14,15)13(9)11;3*13-15(14)11-7-3-1-5-9(11)10-6-2-4-8-12(10)15;2*1-3-2;4*1-2/h3*3-8H,1-2H3;2-8H,1H3;3*1-8H;2*3H2,1-2H3;4*1-2H3. The van der Waals surface area contributed by atoms with E-state index in [0.29, 0.717) is 68.5 Å². The third-order valence-corrected chi connectivity index (χ3v) is 34.2. The maximum atomic E-state index is 12.5. The molecule has 0 radical (unpaired) electrons. The lowest BCUT2D eigenvalue weighted by atomic mass is 9.99. The number of hydrogen-bond acceptors (Lipinski definition) is 14. The molecule has 656 valence electrons. The number of sulfone groups is 7. The number of rotatable bonds is 0. The molecule has 0 aromatic heterocycles. The average molecular weight is 1820 g/mol. The monoisotopic (exact) mass is 1820 g/mol. The third kappa shape index (κ3) is 18.6. The van der Waals surface area contributed by atoms with Crippen molar-refractivity contribution in [2.45, 2.75) is 213 Å². The summed E-state index contributed by atoms with van der Waals surface area (Å²) in [6, 6.07) is 88.7. The zero-order valence-electron chi connectivity index (χ0n) is 74.8. The van der Waals surface area contributed by atoms with Gasteiger partial charge in [-0.3, -0.25) is 0 Å². The Bertz CT molecular complexity index is 6760. The molecule has 0 saturated heterocycles. The molecule has 21 heteroatoms. The smallest absolute Gasteiger partial charge is 0.208 e. The summed E-state index contributed by atoms with van der Waals surface area (Å²) in [4.78, 5) is 6.20. The maximum absolute atomic E-state index is 12.5. The van der Waals surface area contributed by atoms with Crippen LogP contribution in [0.5, 0.6) is 0 Å². The van der Waals surface area contributed by atoms with Crippen molar-refractivity contribution >= 4 is 68.9 Å². The summed E-state index contributed by atoms with van der Waals surface area (Å²) >= 11 is 0. The Morgan fingerprint density at radius 1 is 0.167 bits per heavy atom. The number of benzene rings is 14. The summed E-state index contributed by atoms with van der Waals surface area (Å²) in [6.07, 6.45) is 2.50. The van der Waals surface area contributed by atoms with Gasteiger partial charge in [0.15, 0.2) is 0 Å². The first-order valence-electron chi connectivity index (χ1n) is 42.3. The van der Waals surface area contributed by atoms with E-state index in [-0.39, 0.29) is 0 Å². The highest BCUT2D eigenvalue weighted by Gasteiger charge is 2.40. The Labute approximate surface area is 748 Å². The molecule has 14 aromatic rings. The van der Waals surface area contributed by atoms with Crippen molar-refractivity contribution in [3.8, 4) is 77.9 Å². The molecule has 0 N–H and O–H groups in total. The van der Waals surface area contributed by atoms with Crippen molar-refractivity contribution in [3.05, 3.63) is 336 Å². The largest absolute Gasteiger partial charge is 0.218 e. The molecule has 0 amide bonds. The van der Waals surface area contributed by atoms with Gasteiger partial charge in [0.1, 0.15) is 0 Å². The van der Waals surface area contributed by atoms with E-state index in [9.17, 15) is 58.9 Å². The summed E-state index contributed by atoms with van der Waals surface area (Å²) < 4.78 is 172. The zero-order chi connectivity index (χ0) is 92.8. The van der Waals surface area contributed by atoms with Gasteiger partial charge in [0, 0.05) is 77.9 Å². The second-order valence-electron chi connectivity index (χ2n) is 29.1. The predicted molar refractivity (Wildman–Crippen MR) is 512 cm³/mol. The molecule has 0 aliphatic carbocycles. The van der Waals surface area contributed by atoms with Crippen molar-refractivity contribution in [3.63, 3.8) is 0 Å². The van der Waals surface area contributed by atoms with Gasteiger partial charge in [-0.25, -0.2) is 58.9 Å². The molecule has 0 fully saturated rings. The first-order chi connectivity index (χ1) is 60.2. The van der Waals surface area contributed by atoms with Crippen LogP contribution in [0.4, 0.5) is 0 Å². The molecular weight excluding hydrogens is 1710 g/mol. The molecule has 14 aromatic carbocycles. The fourth-order valence-electron chi connectivity index (χ4n) is 15.7. The molecule has 21 rings (SSSR count). The minimum Gasteiger partial charge on any atom is -0.218 e. The summed E-state index contributed by atoms with van der Waals surface area (Å²) in [5, 5.41) is 0. The Morgan fingerprint density at radius 3 is 0.659 bits per heavy atom. The van der Waals surface area contributed by atoms with Crippen LogP contribution in [0.3, 0.4) is 0 Å². The minimum atomic E-state index is -3.33. The van der Waals surface area contributed by atoms with Crippen LogP contribution >= 0.6 is 0 Å². The molecule has 0 spiro atoms. The van der Waals surface area contributed by atoms with E-state index < -0.39 is 68.9 Å². The summed E-state index contributed by atoms with van der Waals surface area (Å²) in [6.45, 7) is 37.7. The SMILES string of the molecule is CC.CC.CC.CC.CCC.CCC.Cc1cc(C)c2c(c1)S(=O)(=O)c1ccccc1-2.Cc1ccc(C)c2c1-c1ccccc1S2(=O)=O.Cc1cccc2c1S(=O)(=O)c1c(C)cccc1-2.Cc1cccc2c1S(=O)(=O)c1ccccc1-2.O=S1(=O)c2ccccc2-c2ccccc21.O=S1(=O)c2ccccc2-c2ccccc21.O=S1(=O)c2ccccc2-c2ccccc21. The normalized spacial score (nSPS) is 14.3. The fraction of sp³-hybridized carbons (Fsp3) is 0.200. The highest BCUT2D eigenvalue weighted by Crippen LogP contribution is 2.51. The van der Waals surface area contributed by atoms with Gasteiger partial charge in [-0.15, -0.1) is 0 Å². The van der Waals surface area contributed by atoms with Crippen LogP contribution in [0.1, 0.15) is 135 Å². The predicted octanol–water partition coefficient (Wildman–Crippen LogP) is 26.6. The molecular formula is C105H110O14S7. The van der Waals surface area contributed by atoms with Crippen molar-refractivity contribution in [1.29, 1.82) is 0 Å². The van der Waals surface area contributed by atoms with Gasteiger partial charge in [0.2, 0.25) is 68.9 Å². The van der Waals surface area contributed by atoms with Crippen molar-refractivity contribution < 1.29 is 58.9 Å². The lowest BCUT2D eigenvalue weighted by Crippen LogP contribution is -2.00. The molecule has 14 nitrogen and oxygen atoms in total. The van der Waals surface area contributed by atoms with Crippen LogP contribution in [-0.2, 0) is 68.9 Å². The summed E-state index contributed by atoms with van der Waals surface area (Å²) in [5.41, 5.74) is 17.9. The molecule has 0 unspecified atom stereocenters. The second kappa shape index (κ2) is 41.5. The average Bonchev–Trinajstić information content (AvgIpc) is 1.58. The van der Waals surface area contributed by atoms with E-state index in [1.807, 2.05) is 286 Å². The lowest BCUT2D eigenvalue weighted by molar-refractivity contribution is 0.596. The molecule has 0 bridgehead atoms. The Balaban J connectivity index is 0.000000162. The third-order valence-electron chi connectivity index (χ3n) is 20.6. The highest BCUT2D eigenvalue weighted by molar-refractivity contribution is 7.94. The minimum absolute atomic E-state index is 0.422. The zero-order valence-corrected chi connectivity index (χ0v) is 80.5. The van der Waals surface area contributed by atoms with E-state index in [1.54, 1.807) is 115 Å². The fourth-order valence-corrected chi connectivity index (χ4v) is 28.6. The van der Waals surface area contributed by atoms with Gasteiger partial charge in [0.25, 0.3) is 0 Å². The molecule has 7 heterocycles. The van der Waals surface area contributed by atoms with Crippen LogP contribution in [-0.4, -0.2) is 58.9 Å². The van der Waals surface area contributed by atoms with Crippen LogP contribution in [0, 0.1) is 48.5 Å². The first-order valence-corrected chi connectivity index (χ1v) is 52.6. The number of fused-ring (bicyclic) bond motifs is 21. The van der Waals surface area contributed by atoms with Crippen molar-refractivity contribution in [2.24, 2.45) is 0 Å². The molecule has 0 saturated carbocycles. The van der Waals surface area contributed by atoms with Crippen molar-refractivity contribution in [1.82, 2.24) is 0 Å². The molecule has 126 heavy (non-hydrogen) atoms. The van der Waals surface area contributed by atoms with Gasteiger partial charge < -0.3 is 0 Å². The van der Waals surface area contributed by atoms with E-state index in [4.69, 9.17) is 0 Å². The van der Waals surface area contributed by atoms with Crippen molar-refractivity contribution in [2.75, 3.05) is 0 Å². The van der Waals surface area contributed by atoms with E-state index >= 15 is 0 Å². The van der Waals surface area contributed by atoms with Gasteiger partial charge in [0.05, 0.1) is 68.5 Å². The Morgan fingerprint density at radius 2 is 0.357 bits per heavy atom. The van der Waals surface area contributed by atoms with Crippen LogP contribution < -0.4 is 0 Å². The van der Waals surface area contributed by atoms with Gasteiger partial charge >= 0.3 is 0 Å². The second-order valence-corrected chi connectivity index (χ2v) is 42.2. The van der Waals surface area contributed by atoms with Gasteiger partial charge in [-0.05, 0) is 148 Å². The van der Waals surface area contributed by atoms with E-state index in [0.717, 1.165) is 117 Å². The highest BCUT2D eigenvalue weighted by atomic mass is 32.2. The first kappa shape index (κ1) is 98.5. The molecule has 7 aliphatic rings. The molecule has 0 atom stereocenters. The van der Waals surface area contributed by atoms with E-state index in [2.05, 4.69) is 27.7 Å². The van der Waals surface area contributed by atoms with Crippen LogP contribution in [0.25, 0.3) is 77.9 Å². The van der Waals surface area contributed by atoms with Crippen LogP contribution in [0.15, 0.2) is 366 Å². The maximum Gasteiger partial charge on any atom is 0.208 e. The Hall–Kier alpha value is -11.3. The van der Waals surface area contributed by atoms with Gasteiger partial charge in [-0.2, -0.15) is 0 Å².